The number of benzene rings is 1. The second-order valence-corrected chi connectivity index (χ2v) is 9.71. The van der Waals surface area contributed by atoms with Crippen LogP contribution in [0.25, 0.3) is 0 Å². The molecule has 3 fully saturated rings. The fourth-order valence-electron chi connectivity index (χ4n) is 6.15. The largest absolute Gasteiger partial charge is 0.396 e. The molecular weight excluding hydrogens is 422 g/mol. The van der Waals surface area contributed by atoms with Crippen LogP contribution in [0.5, 0.6) is 0 Å². The maximum atomic E-state index is 13.7. The number of fused-ring (bicyclic) bond motifs is 1. The van der Waals surface area contributed by atoms with E-state index < -0.39 is 29.1 Å². The number of likely N-dealkylation sites (tertiary alicyclic amines) is 1. The third-order valence-electron chi connectivity index (χ3n) is 7.67. The zero-order valence-electron chi connectivity index (χ0n) is 19.5. The zero-order chi connectivity index (χ0) is 23.6. The Morgan fingerprint density at radius 2 is 1.85 bits per heavy atom. The number of hydrogen-bond acceptors (Lipinski definition) is 5. The highest BCUT2D eigenvalue weighted by Crippen LogP contribution is 2.63. The second-order valence-electron chi connectivity index (χ2n) is 9.71. The first kappa shape index (κ1) is 23.7. The first-order chi connectivity index (χ1) is 15.9. The highest BCUT2D eigenvalue weighted by Gasteiger charge is 2.77. The number of hydrogen-bond donors (Lipinski definition) is 3. The lowest BCUT2D eigenvalue weighted by molar-refractivity contribution is -0.146. The summed E-state index contributed by atoms with van der Waals surface area (Å²) in [6, 6.07) is 8.90. The smallest absolute Gasteiger partial charge is 0.246 e. The van der Waals surface area contributed by atoms with Crippen LogP contribution in [0.2, 0.25) is 0 Å². The standard InChI is InChI=1S/C25H35N3O5/c1-24-12-13-25(33-24)19(18(24)21(30)26-2)23(32)28(14-8-3-4-9-15-29)20(25)22(31)27-16-17-10-6-5-7-11-17/h5-7,10-11,18-20,29H,3-4,8-9,12-16H2,1-2H3,(H,26,30)(H,27,31)/t18-,19-,20?,24+,25?/m0/s1. The van der Waals surface area contributed by atoms with Gasteiger partial charge in [-0.15, -0.1) is 0 Å². The quantitative estimate of drug-likeness (QED) is 0.460. The minimum atomic E-state index is -0.977. The number of nitrogens with zero attached hydrogens (tertiary/aromatic N) is 1. The number of aliphatic hydroxyl groups excluding tert-OH is 1. The minimum Gasteiger partial charge on any atom is -0.396 e. The molecule has 5 atom stereocenters. The van der Waals surface area contributed by atoms with Crippen LogP contribution >= 0.6 is 0 Å². The second kappa shape index (κ2) is 9.43. The molecule has 0 saturated carbocycles. The molecule has 1 aromatic rings. The fourth-order valence-corrected chi connectivity index (χ4v) is 6.15. The van der Waals surface area contributed by atoms with Crippen molar-refractivity contribution in [2.45, 2.75) is 69.2 Å². The predicted molar refractivity (Wildman–Crippen MR) is 122 cm³/mol. The average Bonchev–Trinajstić information content (AvgIpc) is 3.38. The lowest BCUT2D eigenvalue weighted by Gasteiger charge is -2.33. The van der Waals surface area contributed by atoms with Crippen LogP contribution in [-0.4, -0.2) is 65.2 Å². The Balaban J connectivity index is 1.59. The highest BCUT2D eigenvalue weighted by atomic mass is 16.5. The Labute approximate surface area is 195 Å². The summed E-state index contributed by atoms with van der Waals surface area (Å²) in [4.78, 5) is 41.8. The van der Waals surface area contributed by atoms with Gasteiger partial charge in [0.25, 0.3) is 0 Å². The van der Waals surface area contributed by atoms with Crippen molar-refractivity contribution in [3.05, 3.63) is 35.9 Å². The van der Waals surface area contributed by atoms with Gasteiger partial charge < -0.3 is 25.4 Å². The molecule has 0 aliphatic carbocycles. The third-order valence-corrected chi connectivity index (χ3v) is 7.67. The first-order valence-electron chi connectivity index (χ1n) is 12.0. The van der Waals surface area contributed by atoms with Crippen molar-refractivity contribution in [2.75, 3.05) is 20.2 Å². The van der Waals surface area contributed by atoms with E-state index in [-0.39, 0.29) is 24.3 Å². The van der Waals surface area contributed by atoms with Crippen molar-refractivity contribution in [3.63, 3.8) is 0 Å². The Bertz CT molecular complexity index is 893. The van der Waals surface area contributed by atoms with Crippen molar-refractivity contribution in [2.24, 2.45) is 11.8 Å². The van der Waals surface area contributed by atoms with Crippen LogP contribution in [0.3, 0.4) is 0 Å². The molecular formula is C25H35N3O5. The molecule has 3 aliphatic heterocycles. The molecule has 0 radical (unpaired) electrons. The molecule has 33 heavy (non-hydrogen) atoms. The van der Waals surface area contributed by atoms with E-state index >= 15 is 0 Å². The number of carbonyl (C=O) groups excluding carboxylic acids is 3. The zero-order valence-corrected chi connectivity index (χ0v) is 19.5. The van der Waals surface area contributed by atoms with Crippen LogP contribution in [0, 0.1) is 11.8 Å². The Morgan fingerprint density at radius 3 is 2.55 bits per heavy atom. The molecule has 180 valence electrons. The van der Waals surface area contributed by atoms with Gasteiger partial charge in [0.15, 0.2) is 0 Å². The number of rotatable bonds is 10. The van der Waals surface area contributed by atoms with Gasteiger partial charge in [-0.2, -0.15) is 0 Å². The third kappa shape index (κ3) is 4.04. The van der Waals surface area contributed by atoms with E-state index in [1.165, 1.54) is 0 Å². The van der Waals surface area contributed by atoms with Gasteiger partial charge >= 0.3 is 0 Å². The molecule has 2 unspecified atom stereocenters. The van der Waals surface area contributed by atoms with Gasteiger partial charge in [-0.05, 0) is 38.2 Å². The maximum absolute atomic E-state index is 13.7. The first-order valence-corrected chi connectivity index (χ1v) is 12.0. The van der Waals surface area contributed by atoms with E-state index in [4.69, 9.17) is 9.84 Å². The molecule has 3 saturated heterocycles. The molecule has 3 heterocycles. The van der Waals surface area contributed by atoms with Crippen molar-refractivity contribution in [1.29, 1.82) is 0 Å². The van der Waals surface area contributed by atoms with Crippen LogP contribution in [0.1, 0.15) is 51.0 Å². The maximum Gasteiger partial charge on any atom is 0.246 e. The lowest BCUT2D eigenvalue weighted by atomic mass is 9.66. The number of nitrogens with one attached hydrogen (secondary N) is 2. The SMILES string of the molecule is CNC(=O)[C@@H]1[C@H]2C(=O)N(CCCCCCO)C(C(=O)NCc3ccccc3)C23CC[C@@]1(C)O3. The summed E-state index contributed by atoms with van der Waals surface area (Å²) in [6.07, 6.45) is 4.41. The van der Waals surface area contributed by atoms with E-state index in [1.54, 1.807) is 11.9 Å². The Hall–Kier alpha value is -2.45. The summed E-state index contributed by atoms with van der Waals surface area (Å²) < 4.78 is 6.52. The molecule has 1 aromatic carbocycles. The number of amides is 3. The van der Waals surface area contributed by atoms with Gasteiger partial charge in [-0.25, -0.2) is 0 Å². The van der Waals surface area contributed by atoms with Gasteiger partial charge in [-0.3, -0.25) is 14.4 Å². The number of unbranched alkanes of at least 4 members (excludes halogenated alkanes) is 3. The minimum absolute atomic E-state index is 0.151. The van der Waals surface area contributed by atoms with E-state index in [2.05, 4.69) is 10.6 Å². The van der Waals surface area contributed by atoms with Crippen molar-refractivity contribution in [1.82, 2.24) is 15.5 Å². The van der Waals surface area contributed by atoms with Crippen LogP contribution in [-0.2, 0) is 25.7 Å². The Kier molecular flexibility index (Phi) is 6.77. The molecule has 8 nitrogen and oxygen atoms in total. The topological polar surface area (TPSA) is 108 Å². The summed E-state index contributed by atoms with van der Waals surface area (Å²) in [5.41, 5.74) is -0.743. The van der Waals surface area contributed by atoms with Crippen molar-refractivity contribution >= 4 is 17.7 Å². The molecule has 2 bridgehead atoms. The van der Waals surface area contributed by atoms with Crippen LogP contribution in [0.15, 0.2) is 30.3 Å². The molecule has 0 aromatic heterocycles. The lowest BCUT2D eigenvalue weighted by Crippen LogP contribution is -2.55. The molecule has 8 heteroatoms. The molecule has 1 spiro atoms. The average molecular weight is 458 g/mol. The van der Waals surface area contributed by atoms with Crippen LogP contribution in [0.4, 0.5) is 0 Å². The van der Waals surface area contributed by atoms with E-state index in [0.29, 0.717) is 25.9 Å². The van der Waals surface area contributed by atoms with E-state index in [9.17, 15) is 14.4 Å². The highest BCUT2D eigenvalue weighted by molar-refractivity contribution is 5.99. The van der Waals surface area contributed by atoms with Gasteiger partial charge in [0.05, 0.1) is 17.4 Å². The fraction of sp³-hybridized carbons (Fsp3) is 0.640. The monoisotopic (exact) mass is 457 g/mol. The van der Waals surface area contributed by atoms with Crippen molar-refractivity contribution in [3.8, 4) is 0 Å². The summed E-state index contributed by atoms with van der Waals surface area (Å²) in [6.45, 7) is 2.85. The molecule has 3 N–H and O–H groups in total. The van der Waals surface area contributed by atoms with Gasteiger partial charge in [0.2, 0.25) is 17.7 Å². The molecule has 3 aliphatic rings. The number of ether oxygens (including phenoxy) is 1. The summed E-state index contributed by atoms with van der Waals surface area (Å²) in [5, 5.41) is 14.7. The van der Waals surface area contributed by atoms with Gasteiger partial charge in [-0.1, -0.05) is 43.2 Å². The predicted octanol–water partition coefficient (Wildman–Crippen LogP) is 1.37. The van der Waals surface area contributed by atoms with Crippen molar-refractivity contribution < 1.29 is 24.2 Å². The molecule has 3 amide bonds. The summed E-state index contributed by atoms with van der Waals surface area (Å²) in [7, 11) is 1.58. The summed E-state index contributed by atoms with van der Waals surface area (Å²) >= 11 is 0. The Morgan fingerprint density at radius 1 is 1.12 bits per heavy atom. The van der Waals surface area contributed by atoms with Gasteiger partial charge in [0.1, 0.15) is 11.6 Å². The molecule has 4 rings (SSSR count). The number of aliphatic hydroxyl groups is 1. The van der Waals surface area contributed by atoms with Crippen LogP contribution < -0.4 is 10.6 Å². The van der Waals surface area contributed by atoms with E-state index in [1.807, 2.05) is 37.3 Å². The van der Waals surface area contributed by atoms with Gasteiger partial charge in [0, 0.05) is 26.7 Å². The summed E-state index contributed by atoms with van der Waals surface area (Å²) in [5.74, 6) is -1.85. The van der Waals surface area contributed by atoms with E-state index in [0.717, 1.165) is 31.2 Å². The number of carbonyl (C=O) groups is 3. The normalized spacial score (nSPS) is 32.2.